The monoisotopic (exact) mass is 400 g/mol. The van der Waals surface area contributed by atoms with E-state index in [0.717, 1.165) is 21.6 Å². The number of nitrogens with zero attached hydrogens (tertiary/aromatic N) is 4. The number of anilines is 3. The molecular weight excluding hydrogens is 389 g/mol. The second-order valence-corrected chi connectivity index (χ2v) is 5.81. The second-order valence-electron chi connectivity index (χ2n) is 4.95. The Labute approximate surface area is 143 Å². The molecule has 2 aromatic heterocycles. The third-order valence-electron chi connectivity index (χ3n) is 3.43. The molecule has 0 radical (unpaired) electrons. The quantitative estimate of drug-likeness (QED) is 0.696. The van der Waals surface area contributed by atoms with Crippen molar-refractivity contribution in [1.82, 2.24) is 19.7 Å². The Morgan fingerprint density at radius 3 is 2.62 bits per heavy atom. The van der Waals surface area contributed by atoms with Crippen molar-refractivity contribution < 1.29 is 13.2 Å². The molecule has 2 heterocycles. The lowest BCUT2D eigenvalue weighted by Crippen LogP contribution is -2.12. The molecule has 0 aliphatic heterocycles. The van der Waals surface area contributed by atoms with Crippen LogP contribution in [-0.2, 0) is 13.2 Å². The number of alkyl halides is 3. The first-order valence-corrected chi connectivity index (χ1v) is 7.59. The first-order valence-electron chi connectivity index (χ1n) is 6.80. The highest BCUT2D eigenvalue weighted by atomic mass is 79.9. The molecule has 0 saturated heterocycles. The fourth-order valence-electron chi connectivity index (χ4n) is 2.31. The van der Waals surface area contributed by atoms with Gasteiger partial charge in [-0.25, -0.2) is 4.98 Å². The summed E-state index contributed by atoms with van der Waals surface area (Å²) in [5.74, 6) is -0.237. The number of hydrogen-bond acceptors (Lipinski definition) is 5. The minimum absolute atomic E-state index is 0.0554. The van der Waals surface area contributed by atoms with Gasteiger partial charge in [-0.1, -0.05) is 0 Å². The number of fused-ring (bicyclic) bond motifs is 1. The Morgan fingerprint density at radius 1 is 1.21 bits per heavy atom. The number of benzene rings is 1. The molecule has 0 aliphatic carbocycles. The van der Waals surface area contributed by atoms with Gasteiger partial charge in [0, 0.05) is 30.2 Å². The Kier molecular flexibility index (Phi) is 4.08. The van der Waals surface area contributed by atoms with E-state index >= 15 is 0 Å². The van der Waals surface area contributed by atoms with Crippen LogP contribution in [0.5, 0.6) is 0 Å². The molecule has 0 spiro atoms. The number of hydrogen-bond donors (Lipinski definition) is 2. The van der Waals surface area contributed by atoms with Crippen LogP contribution < -0.4 is 10.6 Å². The lowest BCUT2D eigenvalue weighted by Gasteiger charge is -2.13. The number of nitrogens with one attached hydrogen (secondary N) is 2. The van der Waals surface area contributed by atoms with E-state index in [1.54, 1.807) is 24.0 Å². The van der Waals surface area contributed by atoms with Crippen molar-refractivity contribution in [1.29, 1.82) is 0 Å². The number of halogens is 4. The zero-order valence-electron chi connectivity index (χ0n) is 12.6. The molecule has 3 aromatic rings. The molecule has 3 rings (SSSR count). The standard InChI is InChI=1S/C14H12BrF3N6/c1-19-12-8(14(16,17)18)6-20-13(23-12)22-10-4-3-9(15)11-7(10)5-21-24(11)2/h3-6H,1-2H3,(H2,19,20,22,23). The molecule has 0 unspecified atom stereocenters. The van der Waals surface area contributed by atoms with Crippen molar-refractivity contribution in [3.8, 4) is 0 Å². The van der Waals surface area contributed by atoms with E-state index in [-0.39, 0.29) is 11.8 Å². The van der Waals surface area contributed by atoms with Crippen molar-refractivity contribution in [3.05, 3.63) is 34.6 Å². The van der Waals surface area contributed by atoms with Gasteiger partial charge < -0.3 is 10.6 Å². The third kappa shape index (κ3) is 2.88. The minimum Gasteiger partial charge on any atom is -0.372 e. The van der Waals surface area contributed by atoms with Gasteiger partial charge in [0.15, 0.2) is 0 Å². The van der Waals surface area contributed by atoms with E-state index in [0.29, 0.717) is 5.69 Å². The fourth-order valence-corrected chi connectivity index (χ4v) is 2.91. The molecule has 24 heavy (non-hydrogen) atoms. The molecule has 6 nitrogen and oxygen atoms in total. The summed E-state index contributed by atoms with van der Waals surface area (Å²) < 4.78 is 41.2. The van der Waals surface area contributed by atoms with E-state index in [2.05, 4.69) is 41.6 Å². The smallest absolute Gasteiger partial charge is 0.372 e. The predicted octanol–water partition coefficient (Wildman–Crippen LogP) is 3.93. The zero-order valence-corrected chi connectivity index (χ0v) is 14.2. The van der Waals surface area contributed by atoms with E-state index in [4.69, 9.17) is 0 Å². The maximum absolute atomic E-state index is 12.9. The van der Waals surface area contributed by atoms with Crippen molar-refractivity contribution in [2.45, 2.75) is 6.18 Å². The van der Waals surface area contributed by atoms with Gasteiger partial charge in [0.25, 0.3) is 0 Å². The number of rotatable bonds is 3. The second kappa shape index (κ2) is 5.93. The summed E-state index contributed by atoms with van der Waals surface area (Å²) >= 11 is 3.45. The van der Waals surface area contributed by atoms with Crippen LogP contribution in [-0.4, -0.2) is 26.8 Å². The first-order chi connectivity index (χ1) is 11.3. The molecule has 126 valence electrons. The predicted molar refractivity (Wildman–Crippen MR) is 88.3 cm³/mol. The number of aromatic nitrogens is 4. The summed E-state index contributed by atoms with van der Waals surface area (Å²) in [5.41, 5.74) is 0.571. The summed E-state index contributed by atoms with van der Waals surface area (Å²) in [5, 5.41) is 10.4. The fraction of sp³-hybridized carbons (Fsp3) is 0.214. The Morgan fingerprint density at radius 2 is 1.96 bits per heavy atom. The topological polar surface area (TPSA) is 67.7 Å². The molecular formula is C14H12BrF3N6. The zero-order chi connectivity index (χ0) is 17.5. The molecule has 10 heteroatoms. The average molecular weight is 401 g/mol. The maximum atomic E-state index is 12.9. The highest BCUT2D eigenvalue weighted by Crippen LogP contribution is 2.35. The van der Waals surface area contributed by atoms with Gasteiger partial charge in [-0.2, -0.15) is 23.3 Å². The summed E-state index contributed by atoms with van der Waals surface area (Å²) in [6.45, 7) is 0. The van der Waals surface area contributed by atoms with Crippen molar-refractivity contribution in [3.63, 3.8) is 0 Å². The first kappa shape index (κ1) is 16.5. The Balaban J connectivity index is 2.02. The van der Waals surface area contributed by atoms with Gasteiger partial charge in [-0.05, 0) is 28.1 Å². The molecule has 2 N–H and O–H groups in total. The van der Waals surface area contributed by atoms with Gasteiger partial charge in [0.05, 0.1) is 17.4 Å². The van der Waals surface area contributed by atoms with Gasteiger partial charge >= 0.3 is 6.18 Å². The lowest BCUT2D eigenvalue weighted by molar-refractivity contribution is -0.137. The average Bonchev–Trinajstić information content (AvgIpc) is 2.92. The Bertz CT molecular complexity index is 905. The van der Waals surface area contributed by atoms with Crippen LogP contribution in [0.2, 0.25) is 0 Å². The summed E-state index contributed by atoms with van der Waals surface area (Å²) in [7, 11) is 3.17. The van der Waals surface area contributed by atoms with E-state index in [1.165, 1.54) is 7.05 Å². The van der Waals surface area contributed by atoms with Crippen LogP contribution in [0.3, 0.4) is 0 Å². The molecule has 0 fully saturated rings. The van der Waals surface area contributed by atoms with Gasteiger partial charge in [0.1, 0.15) is 11.4 Å². The lowest BCUT2D eigenvalue weighted by atomic mass is 10.2. The summed E-state index contributed by atoms with van der Waals surface area (Å²) in [4.78, 5) is 7.66. The van der Waals surface area contributed by atoms with Crippen LogP contribution in [0.15, 0.2) is 29.0 Å². The summed E-state index contributed by atoms with van der Waals surface area (Å²) in [6, 6.07) is 3.59. The van der Waals surface area contributed by atoms with E-state index < -0.39 is 11.7 Å². The van der Waals surface area contributed by atoms with Crippen molar-refractivity contribution >= 4 is 44.3 Å². The third-order valence-corrected chi connectivity index (χ3v) is 4.07. The van der Waals surface area contributed by atoms with Crippen molar-refractivity contribution in [2.24, 2.45) is 7.05 Å². The minimum atomic E-state index is -4.52. The molecule has 0 saturated carbocycles. The van der Waals surface area contributed by atoms with Crippen LogP contribution in [0.1, 0.15) is 5.56 Å². The van der Waals surface area contributed by atoms with Crippen molar-refractivity contribution in [2.75, 3.05) is 17.7 Å². The van der Waals surface area contributed by atoms with Crippen LogP contribution in [0, 0.1) is 0 Å². The SMILES string of the molecule is CNc1nc(Nc2ccc(Br)c3c2cnn3C)ncc1C(F)(F)F. The number of aryl methyl sites for hydroxylation is 1. The Hall–Kier alpha value is -2.36. The van der Waals surface area contributed by atoms with Gasteiger partial charge in [0.2, 0.25) is 5.95 Å². The molecule has 0 aliphatic rings. The molecule has 0 amide bonds. The largest absolute Gasteiger partial charge is 0.421 e. The normalized spacial score (nSPS) is 11.8. The highest BCUT2D eigenvalue weighted by Gasteiger charge is 2.35. The molecule has 0 atom stereocenters. The molecule has 0 bridgehead atoms. The molecule has 1 aromatic carbocycles. The van der Waals surface area contributed by atoms with E-state index in [1.807, 2.05) is 6.07 Å². The van der Waals surface area contributed by atoms with Crippen LogP contribution >= 0.6 is 15.9 Å². The van der Waals surface area contributed by atoms with E-state index in [9.17, 15) is 13.2 Å². The highest BCUT2D eigenvalue weighted by molar-refractivity contribution is 9.10. The van der Waals surface area contributed by atoms with Crippen LogP contribution in [0.25, 0.3) is 10.9 Å². The maximum Gasteiger partial charge on any atom is 0.421 e. The summed E-state index contributed by atoms with van der Waals surface area (Å²) in [6.07, 6.45) is -2.11. The van der Waals surface area contributed by atoms with Gasteiger partial charge in [-0.3, -0.25) is 4.68 Å². The van der Waals surface area contributed by atoms with Crippen LogP contribution in [0.4, 0.5) is 30.6 Å². The van der Waals surface area contributed by atoms with Gasteiger partial charge in [-0.15, -0.1) is 0 Å².